The molecule has 1 amide bonds. The molecule has 3 aromatic rings. The Labute approximate surface area is 221 Å². The van der Waals surface area contributed by atoms with Crippen LogP contribution in [0.2, 0.25) is 0 Å². The maximum Gasteiger partial charge on any atom is 0.327 e. The van der Waals surface area contributed by atoms with Crippen LogP contribution in [0.5, 0.6) is 11.5 Å². The highest BCUT2D eigenvalue weighted by Crippen LogP contribution is 2.35. The molecule has 7 nitrogen and oxygen atoms in total. The molecule has 0 aromatic heterocycles. The summed E-state index contributed by atoms with van der Waals surface area (Å²) in [6.45, 7) is -0.337. The quantitative estimate of drug-likeness (QED) is 0.230. The number of ketones is 1. The van der Waals surface area contributed by atoms with Crippen LogP contribution in [0, 0.1) is 5.82 Å². The van der Waals surface area contributed by atoms with Crippen molar-refractivity contribution >= 4 is 52.0 Å². The zero-order valence-electron chi connectivity index (χ0n) is 19.2. The molecule has 1 saturated heterocycles. The van der Waals surface area contributed by atoms with Gasteiger partial charge in [0.15, 0.2) is 6.61 Å². The zero-order valence-corrected chi connectivity index (χ0v) is 20.8. The fraction of sp³-hybridized carbons (Fsp3) is 0.111. The molecule has 4 rings (SSSR count). The largest absolute Gasteiger partial charge is 0.508 e. The van der Waals surface area contributed by atoms with Gasteiger partial charge in [-0.2, -0.15) is 0 Å². The minimum atomic E-state index is -1.20. The molecule has 0 unspecified atom stereocenters. The Morgan fingerprint density at radius 1 is 1.05 bits per heavy atom. The van der Waals surface area contributed by atoms with Gasteiger partial charge in [0.1, 0.15) is 27.7 Å². The monoisotopic (exact) mass is 537 g/mol. The molecule has 37 heavy (non-hydrogen) atoms. The van der Waals surface area contributed by atoms with E-state index in [0.717, 1.165) is 16.7 Å². The maximum absolute atomic E-state index is 13.8. The number of carboxylic acids is 1. The lowest BCUT2D eigenvalue weighted by Crippen LogP contribution is -2.45. The fourth-order valence-electron chi connectivity index (χ4n) is 3.62. The lowest BCUT2D eigenvalue weighted by molar-refractivity contribution is -0.145. The maximum atomic E-state index is 13.8. The Morgan fingerprint density at radius 2 is 1.73 bits per heavy atom. The van der Waals surface area contributed by atoms with E-state index in [1.54, 1.807) is 48.5 Å². The molecule has 1 aliphatic rings. The van der Waals surface area contributed by atoms with E-state index in [-0.39, 0.29) is 33.6 Å². The summed E-state index contributed by atoms with van der Waals surface area (Å²) in [6, 6.07) is 17.1. The van der Waals surface area contributed by atoms with Crippen LogP contribution in [0.3, 0.4) is 0 Å². The number of carbonyl (C=O) groups excluding carboxylic acids is 2. The minimum Gasteiger partial charge on any atom is -0.508 e. The molecule has 0 spiro atoms. The summed E-state index contributed by atoms with van der Waals surface area (Å²) < 4.78 is 19.3. The van der Waals surface area contributed by atoms with E-state index in [0.29, 0.717) is 16.9 Å². The lowest BCUT2D eigenvalue weighted by atomic mass is 10.0. The molecule has 188 valence electrons. The number of halogens is 1. The average Bonchev–Trinajstić information content (AvgIpc) is 3.15. The number of carboxylic acid groups (broad SMARTS) is 1. The first kappa shape index (κ1) is 26.1. The number of thiocarbonyl (C=S) groups is 1. The second-order valence-corrected chi connectivity index (χ2v) is 9.71. The van der Waals surface area contributed by atoms with Crippen molar-refractivity contribution < 1.29 is 33.7 Å². The van der Waals surface area contributed by atoms with Crippen LogP contribution in [-0.4, -0.2) is 49.7 Å². The molecule has 1 heterocycles. The topological polar surface area (TPSA) is 104 Å². The number of thioether (sulfide) groups is 1. The first-order chi connectivity index (χ1) is 17.7. The molecular weight excluding hydrogens is 517 g/mol. The molecule has 3 aromatic carbocycles. The van der Waals surface area contributed by atoms with Crippen LogP contribution in [0.15, 0.2) is 77.7 Å². The first-order valence-corrected chi connectivity index (χ1v) is 12.2. The smallest absolute Gasteiger partial charge is 0.327 e. The van der Waals surface area contributed by atoms with E-state index in [9.17, 15) is 29.0 Å². The summed E-state index contributed by atoms with van der Waals surface area (Å²) in [5, 5.41) is 19.2. The zero-order chi connectivity index (χ0) is 26.5. The predicted molar refractivity (Wildman–Crippen MR) is 141 cm³/mol. The second-order valence-electron chi connectivity index (χ2n) is 8.04. The van der Waals surface area contributed by atoms with Crippen LogP contribution < -0.4 is 4.74 Å². The van der Waals surface area contributed by atoms with Crippen molar-refractivity contribution in [3.63, 3.8) is 0 Å². The van der Waals surface area contributed by atoms with Crippen LogP contribution in [-0.2, 0) is 16.0 Å². The van der Waals surface area contributed by atoms with Gasteiger partial charge < -0.3 is 14.9 Å². The summed E-state index contributed by atoms with van der Waals surface area (Å²) >= 11 is 6.32. The van der Waals surface area contributed by atoms with E-state index >= 15 is 0 Å². The van der Waals surface area contributed by atoms with Crippen molar-refractivity contribution in [2.75, 3.05) is 6.61 Å². The molecular formula is C27H20FNO6S2. The summed E-state index contributed by atoms with van der Waals surface area (Å²) in [4.78, 5) is 38.6. The summed E-state index contributed by atoms with van der Waals surface area (Å²) in [7, 11) is 0. The molecule has 0 saturated carbocycles. The van der Waals surface area contributed by atoms with Crippen molar-refractivity contribution in [2.45, 2.75) is 12.5 Å². The Balaban J connectivity index is 1.43. The van der Waals surface area contributed by atoms with Gasteiger partial charge in [0.2, 0.25) is 5.78 Å². The molecule has 2 N–H and O–H groups in total. The third kappa shape index (κ3) is 6.22. The highest BCUT2D eigenvalue weighted by Gasteiger charge is 2.40. The van der Waals surface area contributed by atoms with Crippen LogP contribution in [0.25, 0.3) is 6.08 Å². The van der Waals surface area contributed by atoms with Crippen LogP contribution in [0.1, 0.15) is 21.5 Å². The number of phenols is 1. The Kier molecular flexibility index (Phi) is 8.00. The van der Waals surface area contributed by atoms with Gasteiger partial charge in [-0.25, -0.2) is 9.18 Å². The molecule has 0 bridgehead atoms. The number of nitrogens with zero attached hydrogens (tertiary/aromatic N) is 1. The van der Waals surface area contributed by atoms with Crippen molar-refractivity contribution in [1.29, 1.82) is 0 Å². The third-order valence-corrected chi connectivity index (χ3v) is 6.84. The molecule has 1 fully saturated rings. The third-order valence-electron chi connectivity index (χ3n) is 5.51. The van der Waals surface area contributed by atoms with E-state index in [4.69, 9.17) is 17.0 Å². The van der Waals surface area contributed by atoms with Crippen molar-refractivity contribution in [3.8, 4) is 11.5 Å². The van der Waals surface area contributed by atoms with Crippen molar-refractivity contribution in [3.05, 3.63) is 100 Å². The average molecular weight is 538 g/mol. The number of Topliss-reactive ketones (excluding diaryl/α,β-unsaturated/α-hetero) is 1. The number of phenolic OH excluding ortho intramolecular Hbond substituents is 1. The van der Waals surface area contributed by atoms with Crippen LogP contribution in [0.4, 0.5) is 4.39 Å². The van der Waals surface area contributed by atoms with Crippen molar-refractivity contribution in [2.24, 2.45) is 0 Å². The molecule has 1 atom stereocenters. The van der Waals surface area contributed by atoms with E-state index < -0.39 is 29.5 Å². The number of aromatic hydroxyl groups is 1. The molecule has 0 radical (unpaired) electrons. The number of rotatable bonds is 9. The highest BCUT2D eigenvalue weighted by atomic mass is 32.2. The SMILES string of the molecule is O=C(COc1ccc(/C=C2\SC(=S)N([C@@H](Cc3ccc(O)cc3)C(=O)O)C2=O)cc1)c1ccccc1F. The fourth-order valence-corrected chi connectivity index (χ4v) is 4.98. The minimum absolute atomic E-state index is 0.0208. The number of amides is 1. The summed E-state index contributed by atoms with van der Waals surface area (Å²) in [5.41, 5.74) is 1.22. The Morgan fingerprint density at radius 3 is 2.38 bits per heavy atom. The Bertz CT molecular complexity index is 1390. The molecule has 0 aliphatic carbocycles. The van der Waals surface area contributed by atoms with Gasteiger partial charge in [-0.3, -0.25) is 14.5 Å². The van der Waals surface area contributed by atoms with Gasteiger partial charge in [0, 0.05) is 6.42 Å². The van der Waals surface area contributed by atoms with Gasteiger partial charge in [-0.15, -0.1) is 0 Å². The van der Waals surface area contributed by atoms with Crippen LogP contribution >= 0.6 is 24.0 Å². The first-order valence-electron chi connectivity index (χ1n) is 11.0. The molecule has 10 heteroatoms. The van der Waals surface area contributed by atoms with Gasteiger partial charge >= 0.3 is 5.97 Å². The Hall–Kier alpha value is -4.02. The number of aliphatic carboxylic acids is 1. The van der Waals surface area contributed by atoms with Gasteiger partial charge in [0.25, 0.3) is 5.91 Å². The standard InChI is InChI=1S/C27H20FNO6S2/c28-21-4-2-1-3-20(21)23(31)15-35-19-11-7-17(8-12-19)14-24-25(32)29(27(36)37-24)22(26(33)34)13-16-5-9-18(30)10-6-16/h1-12,14,22,30H,13,15H2,(H,33,34)/b24-14-/t22-/m0/s1. The highest BCUT2D eigenvalue weighted by molar-refractivity contribution is 8.26. The van der Waals surface area contributed by atoms with E-state index in [1.807, 2.05) is 0 Å². The van der Waals surface area contributed by atoms with E-state index in [2.05, 4.69) is 0 Å². The predicted octanol–water partition coefficient (Wildman–Crippen LogP) is 4.69. The van der Waals surface area contributed by atoms with E-state index in [1.165, 1.54) is 30.3 Å². The number of hydrogen-bond acceptors (Lipinski definition) is 7. The number of carbonyl (C=O) groups is 3. The number of hydrogen-bond donors (Lipinski definition) is 2. The normalized spacial score (nSPS) is 15.2. The lowest BCUT2D eigenvalue weighted by Gasteiger charge is -2.23. The van der Waals surface area contributed by atoms with Gasteiger partial charge in [-0.1, -0.05) is 60.4 Å². The molecule has 1 aliphatic heterocycles. The second kappa shape index (κ2) is 11.4. The van der Waals surface area contributed by atoms with Crippen molar-refractivity contribution in [1.82, 2.24) is 4.90 Å². The summed E-state index contributed by atoms with van der Waals surface area (Å²) in [6.07, 6.45) is 1.61. The van der Waals surface area contributed by atoms with Gasteiger partial charge in [0.05, 0.1) is 10.5 Å². The van der Waals surface area contributed by atoms with Gasteiger partial charge in [-0.05, 0) is 53.6 Å². The number of ether oxygens (including phenoxy) is 1. The number of benzene rings is 3. The summed E-state index contributed by atoms with van der Waals surface area (Å²) in [5.74, 6) is -2.39.